The van der Waals surface area contributed by atoms with Gasteiger partial charge in [0.05, 0.1) is 14.2 Å². The zero-order valence-electron chi connectivity index (χ0n) is 10.2. The van der Waals surface area contributed by atoms with E-state index < -0.39 is 5.97 Å². The van der Waals surface area contributed by atoms with Gasteiger partial charge in [-0.25, -0.2) is 4.79 Å². The number of carboxylic acid groups (broad SMARTS) is 1. The van der Waals surface area contributed by atoms with E-state index in [0.717, 1.165) is 0 Å². The van der Waals surface area contributed by atoms with Crippen molar-refractivity contribution >= 4 is 5.97 Å². The van der Waals surface area contributed by atoms with Gasteiger partial charge in [0.2, 0.25) is 11.5 Å². The van der Waals surface area contributed by atoms with Crippen LogP contribution in [-0.2, 0) is 0 Å². The molecule has 0 amide bonds. The number of hydrogen-bond acceptors (Lipinski definition) is 6. The summed E-state index contributed by atoms with van der Waals surface area (Å²) >= 11 is 0. The maximum Gasteiger partial charge on any atom is 0.374 e. The van der Waals surface area contributed by atoms with Crippen molar-refractivity contribution in [3.63, 3.8) is 0 Å². The number of aromatic hydroxyl groups is 1. The number of nitrogens with zero attached hydrogens (tertiary/aromatic N) is 1. The standard InChI is InChI=1S/C12H11NO6/c1-17-9-4-6(3-8(14)11(9)18-2)7-5-10(12(15)16)19-13-7/h3-5,14H,1-2H3,(H,15,16). The molecule has 0 unspecified atom stereocenters. The van der Waals surface area contributed by atoms with Crippen LogP contribution in [0.25, 0.3) is 11.3 Å². The van der Waals surface area contributed by atoms with Gasteiger partial charge < -0.3 is 24.2 Å². The van der Waals surface area contributed by atoms with Crippen LogP contribution in [0.5, 0.6) is 17.2 Å². The number of rotatable bonds is 4. The highest BCUT2D eigenvalue weighted by Gasteiger charge is 2.17. The molecular weight excluding hydrogens is 254 g/mol. The van der Waals surface area contributed by atoms with Crippen LogP contribution in [-0.4, -0.2) is 35.6 Å². The predicted molar refractivity (Wildman–Crippen MR) is 63.7 cm³/mol. The molecule has 0 aliphatic rings. The molecule has 19 heavy (non-hydrogen) atoms. The Bertz CT molecular complexity index is 619. The maximum absolute atomic E-state index is 10.7. The fourth-order valence-electron chi connectivity index (χ4n) is 1.60. The number of benzene rings is 1. The van der Waals surface area contributed by atoms with Crippen LogP contribution in [0.15, 0.2) is 22.7 Å². The quantitative estimate of drug-likeness (QED) is 0.868. The number of methoxy groups -OCH3 is 2. The van der Waals surface area contributed by atoms with E-state index in [9.17, 15) is 9.90 Å². The zero-order valence-corrected chi connectivity index (χ0v) is 10.2. The van der Waals surface area contributed by atoms with Gasteiger partial charge in [-0.05, 0) is 12.1 Å². The monoisotopic (exact) mass is 265 g/mol. The molecule has 7 heteroatoms. The Morgan fingerprint density at radius 2 is 2.00 bits per heavy atom. The number of hydrogen-bond donors (Lipinski definition) is 2. The Balaban J connectivity index is 2.50. The van der Waals surface area contributed by atoms with E-state index in [1.54, 1.807) is 6.07 Å². The molecule has 1 aromatic carbocycles. The molecule has 1 aromatic heterocycles. The van der Waals surface area contributed by atoms with Gasteiger partial charge >= 0.3 is 5.97 Å². The molecule has 0 spiro atoms. The average molecular weight is 265 g/mol. The first-order chi connectivity index (χ1) is 9.06. The minimum absolute atomic E-state index is 0.142. The van der Waals surface area contributed by atoms with Gasteiger partial charge in [-0.1, -0.05) is 5.16 Å². The zero-order chi connectivity index (χ0) is 14.0. The minimum atomic E-state index is -1.22. The lowest BCUT2D eigenvalue weighted by molar-refractivity contribution is 0.0652. The second-order valence-electron chi connectivity index (χ2n) is 3.61. The highest BCUT2D eigenvalue weighted by molar-refractivity contribution is 5.86. The second-order valence-corrected chi connectivity index (χ2v) is 3.61. The molecule has 0 radical (unpaired) electrons. The summed E-state index contributed by atoms with van der Waals surface area (Å²) in [6.45, 7) is 0. The summed E-state index contributed by atoms with van der Waals surface area (Å²) in [7, 11) is 2.82. The number of aromatic carboxylic acids is 1. The summed E-state index contributed by atoms with van der Waals surface area (Å²) < 4.78 is 14.7. The van der Waals surface area contributed by atoms with Crippen molar-refractivity contribution in [2.24, 2.45) is 0 Å². The number of phenolic OH excluding ortho intramolecular Hbond substituents is 1. The fraction of sp³-hybridized carbons (Fsp3) is 0.167. The fourth-order valence-corrected chi connectivity index (χ4v) is 1.60. The van der Waals surface area contributed by atoms with Crippen LogP contribution in [0.1, 0.15) is 10.6 Å². The summed E-state index contributed by atoms with van der Waals surface area (Å²) in [5.41, 5.74) is 0.722. The molecule has 0 aliphatic carbocycles. The van der Waals surface area contributed by atoms with Gasteiger partial charge in [-0.3, -0.25) is 0 Å². The Morgan fingerprint density at radius 1 is 1.26 bits per heavy atom. The number of carbonyl (C=O) groups is 1. The average Bonchev–Trinajstić information content (AvgIpc) is 2.87. The van der Waals surface area contributed by atoms with Crippen LogP contribution in [0.4, 0.5) is 0 Å². The lowest BCUT2D eigenvalue weighted by Gasteiger charge is -2.10. The summed E-state index contributed by atoms with van der Waals surface area (Å²) in [5, 5.41) is 22.2. The molecule has 0 fully saturated rings. The molecule has 0 bridgehead atoms. The van der Waals surface area contributed by atoms with E-state index in [1.807, 2.05) is 0 Å². The Morgan fingerprint density at radius 3 is 2.53 bits per heavy atom. The van der Waals surface area contributed by atoms with Crippen molar-refractivity contribution in [1.82, 2.24) is 5.16 Å². The van der Waals surface area contributed by atoms with E-state index in [4.69, 9.17) is 14.6 Å². The van der Waals surface area contributed by atoms with Gasteiger partial charge in [0.1, 0.15) is 5.69 Å². The molecule has 2 rings (SSSR count). The van der Waals surface area contributed by atoms with Gasteiger partial charge in [0.15, 0.2) is 11.5 Å². The van der Waals surface area contributed by atoms with Crippen molar-refractivity contribution in [2.75, 3.05) is 14.2 Å². The largest absolute Gasteiger partial charge is 0.504 e. The Labute approximate surface area is 108 Å². The maximum atomic E-state index is 10.7. The normalized spacial score (nSPS) is 10.2. The van der Waals surface area contributed by atoms with Crippen molar-refractivity contribution < 1.29 is 29.0 Å². The molecule has 0 saturated carbocycles. The number of ether oxygens (including phenoxy) is 2. The number of carboxylic acids is 1. The van der Waals surface area contributed by atoms with Crippen LogP contribution in [0, 0.1) is 0 Å². The highest BCUT2D eigenvalue weighted by atomic mass is 16.5. The summed E-state index contributed by atoms with van der Waals surface area (Å²) in [6, 6.07) is 4.19. The first-order valence-electron chi connectivity index (χ1n) is 5.22. The van der Waals surface area contributed by atoms with Crippen molar-refractivity contribution in [3.05, 3.63) is 24.0 Å². The predicted octanol–water partition coefficient (Wildman–Crippen LogP) is 1.76. The second kappa shape index (κ2) is 4.89. The summed E-state index contributed by atoms with van der Waals surface area (Å²) in [5.74, 6) is -1.16. The Hall–Kier alpha value is -2.70. The molecule has 2 N–H and O–H groups in total. The van der Waals surface area contributed by atoms with Crippen LogP contribution >= 0.6 is 0 Å². The van der Waals surface area contributed by atoms with Gasteiger partial charge in [-0.2, -0.15) is 0 Å². The molecule has 0 aliphatic heterocycles. The van der Waals surface area contributed by atoms with Crippen molar-refractivity contribution in [2.45, 2.75) is 0 Å². The van der Waals surface area contributed by atoms with E-state index in [2.05, 4.69) is 9.68 Å². The number of aromatic nitrogens is 1. The summed E-state index contributed by atoms with van der Waals surface area (Å²) in [4.78, 5) is 10.7. The first-order valence-corrected chi connectivity index (χ1v) is 5.22. The molecule has 0 atom stereocenters. The minimum Gasteiger partial charge on any atom is -0.504 e. The van der Waals surface area contributed by atoms with Crippen molar-refractivity contribution in [3.8, 4) is 28.5 Å². The number of phenols is 1. The lowest BCUT2D eigenvalue weighted by Crippen LogP contribution is -1.92. The topological polar surface area (TPSA) is 102 Å². The third kappa shape index (κ3) is 2.30. The highest BCUT2D eigenvalue weighted by Crippen LogP contribution is 2.40. The lowest BCUT2D eigenvalue weighted by atomic mass is 10.1. The Kier molecular flexibility index (Phi) is 3.28. The third-order valence-electron chi connectivity index (χ3n) is 2.48. The van der Waals surface area contributed by atoms with E-state index >= 15 is 0 Å². The molecular formula is C12H11NO6. The van der Waals surface area contributed by atoms with Crippen LogP contribution in [0.3, 0.4) is 0 Å². The van der Waals surface area contributed by atoms with E-state index in [-0.39, 0.29) is 23.0 Å². The molecule has 100 valence electrons. The molecule has 7 nitrogen and oxygen atoms in total. The molecule has 1 heterocycles. The van der Waals surface area contributed by atoms with E-state index in [0.29, 0.717) is 11.3 Å². The third-order valence-corrected chi connectivity index (χ3v) is 2.48. The van der Waals surface area contributed by atoms with Crippen molar-refractivity contribution in [1.29, 1.82) is 0 Å². The smallest absolute Gasteiger partial charge is 0.374 e. The van der Waals surface area contributed by atoms with Gasteiger partial charge in [0.25, 0.3) is 0 Å². The van der Waals surface area contributed by atoms with E-state index in [1.165, 1.54) is 26.4 Å². The van der Waals surface area contributed by atoms with Crippen LogP contribution < -0.4 is 9.47 Å². The summed E-state index contributed by atoms with van der Waals surface area (Å²) in [6.07, 6.45) is 0. The van der Waals surface area contributed by atoms with Gasteiger partial charge in [0, 0.05) is 11.6 Å². The first kappa shape index (κ1) is 12.7. The SMILES string of the molecule is COc1cc(-c2cc(C(=O)O)on2)cc(O)c1OC. The van der Waals surface area contributed by atoms with Gasteiger partial charge in [-0.15, -0.1) is 0 Å². The molecule has 2 aromatic rings. The van der Waals surface area contributed by atoms with Crippen LogP contribution in [0.2, 0.25) is 0 Å². The molecule has 0 saturated heterocycles.